The maximum absolute atomic E-state index is 6.12. The highest BCUT2D eigenvalue weighted by atomic mass is 35.5. The van der Waals surface area contributed by atoms with Crippen LogP contribution in [0.3, 0.4) is 0 Å². The van der Waals surface area contributed by atoms with Gasteiger partial charge in [-0.3, -0.25) is 10.1 Å². The third-order valence-electron chi connectivity index (χ3n) is 2.96. The molecule has 3 rings (SSSR count). The largest absolute Gasteiger partial charge is 0.282 e. The number of pyridine rings is 1. The number of aromatic amines is 1. The third kappa shape index (κ3) is 2.84. The zero-order valence-electron chi connectivity index (χ0n) is 10.5. The van der Waals surface area contributed by atoms with Crippen molar-refractivity contribution in [3.8, 4) is 11.3 Å². The highest BCUT2D eigenvalue weighted by Crippen LogP contribution is 2.26. The molecule has 0 saturated heterocycles. The van der Waals surface area contributed by atoms with E-state index in [1.807, 2.05) is 36.4 Å². The molecule has 1 N–H and O–H groups in total. The molecule has 0 bridgehead atoms. The average molecular weight is 304 g/mol. The number of rotatable bonds is 3. The maximum atomic E-state index is 6.12. The fraction of sp³-hybridized carbons (Fsp3) is 0.0667. The van der Waals surface area contributed by atoms with E-state index in [2.05, 4.69) is 15.2 Å². The molecule has 0 saturated carbocycles. The molecule has 5 heteroatoms. The number of aromatic nitrogens is 3. The Balaban J connectivity index is 1.86. The second kappa shape index (κ2) is 5.65. The van der Waals surface area contributed by atoms with Gasteiger partial charge in [0.2, 0.25) is 0 Å². The first-order valence-corrected chi connectivity index (χ1v) is 6.86. The summed E-state index contributed by atoms with van der Waals surface area (Å²) in [6.07, 6.45) is 4.06. The van der Waals surface area contributed by atoms with Crippen molar-refractivity contribution in [1.82, 2.24) is 15.2 Å². The van der Waals surface area contributed by atoms with E-state index in [1.165, 1.54) is 0 Å². The highest BCUT2D eigenvalue weighted by Gasteiger charge is 2.08. The van der Waals surface area contributed by atoms with Crippen LogP contribution in [0.1, 0.15) is 11.3 Å². The first-order chi connectivity index (χ1) is 9.72. The number of nitrogens with zero attached hydrogens (tertiary/aromatic N) is 2. The van der Waals surface area contributed by atoms with Crippen molar-refractivity contribution in [1.29, 1.82) is 0 Å². The molecular weight excluding hydrogens is 293 g/mol. The van der Waals surface area contributed by atoms with Crippen molar-refractivity contribution in [3.63, 3.8) is 0 Å². The van der Waals surface area contributed by atoms with Crippen LogP contribution in [0, 0.1) is 0 Å². The predicted octanol–water partition coefficient (Wildman–Crippen LogP) is 4.37. The highest BCUT2D eigenvalue weighted by molar-refractivity contribution is 6.33. The molecular formula is C15H11Cl2N3. The lowest BCUT2D eigenvalue weighted by atomic mass is 10.1. The summed E-state index contributed by atoms with van der Waals surface area (Å²) in [7, 11) is 0. The Morgan fingerprint density at radius 1 is 1.10 bits per heavy atom. The van der Waals surface area contributed by atoms with E-state index >= 15 is 0 Å². The monoisotopic (exact) mass is 303 g/mol. The fourth-order valence-electron chi connectivity index (χ4n) is 2.04. The molecule has 0 fully saturated rings. The number of halogens is 2. The van der Waals surface area contributed by atoms with Crippen LogP contribution < -0.4 is 0 Å². The van der Waals surface area contributed by atoms with Crippen LogP contribution in [0.15, 0.2) is 48.8 Å². The standard InChI is InChI=1S/C15H11Cl2N3/c16-11-3-1-2-10(6-11)7-12-8-15(20-19-12)13-4-5-18-9-14(13)17/h1-6,8-9H,7H2,(H,19,20). The zero-order valence-corrected chi connectivity index (χ0v) is 12.0. The van der Waals surface area contributed by atoms with Gasteiger partial charge in [-0.25, -0.2) is 0 Å². The Hall–Kier alpha value is -1.84. The van der Waals surface area contributed by atoms with Gasteiger partial charge in [-0.15, -0.1) is 0 Å². The summed E-state index contributed by atoms with van der Waals surface area (Å²) in [6.45, 7) is 0. The van der Waals surface area contributed by atoms with Gasteiger partial charge in [-0.1, -0.05) is 35.3 Å². The summed E-state index contributed by atoms with van der Waals surface area (Å²) in [6, 6.07) is 11.6. The van der Waals surface area contributed by atoms with E-state index in [1.54, 1.807) is 12.4 Å². The van der Waals surface area contributed by atoms with E-state index < -0.39 is 0 Å². The molecule has 3 nitrogen and oxygen atoms in total. The van der Waals surface area contributed by atoms with Crippen LogP contribution in [0.2, 0.25) is 10.0 Å². The lowest BCUT2D eigenvalue weighted by Gasteiger charge is -1.99. The van der Waals surface area contributed by atoms with Crippen molar-refractivity contribution in [2.75, 3.05) is 0 Å². The van der Waals surface area contributed by atoms with Gasteiger partial charge in [-0.2, -0.15) is 5.10 Å². The third-order valence-corrected chi connectivity index (χ3v) is 3.50. The Morgan fingerprint density at radius 2 is 2.00 bits per heavy atom. The topological polar surface area (TPSA) is 41.6 Å². The van der Waals surface area contributed by atoms with E-state index in [-0.39, 0.29) is 0 Å². The molecule has 0 amide bonds. The van der Waals surface area contributed by atoms with E-state index in [0.29, 0.717) is 5.02 Å². The van der Waals surface area contributed by atoms with Gasteiger partial charge in [-0.05, 0) is 29.8 Å². The van der Waals surface area contributed by atoms with Crippen LogP contribution in [0.5, 0.6) is 0 Å². The minimum Gasteiger partial charge on any atom is -0.282 e. The SMILES string of the molecule is Clc1cccc(Cc2cc(-c3ccncc3Cl)n[nH]2)c1. The van der Waals surface area contributed by atoms with E-state index in [4.69, 9.17) is 23.2 Å². The smallest absolute Gasteiger partial charge is 0.0939 e. The van der Waals surface area contributed by atoms with E-state index in [0.717, 1.165) is 34.0 Å². The Bertz CT molecular complexity index is 737. The Morgan fingerprint density at radius 3 is 2.80 bits per heavy atom. The van der Waals surface area contributed by atoms with Crippen molar-refractivity contribution in [2.24, 2.45) is 0 Å². The molecule has 2 heterocycles. The summed E-state index contributed by atoms with van der Waals surface area (Å²) >= 11 is 12.1. The molecule has 0 radical (unpaired) electrons. The maximum Gasteiger partial charge on any atom is 0.0939 e. The molecule has 0 aliphatic heterocycles. The number of H-pyrrole nitrogens is 1. The van der Waals surface area contributed by atoms with Crippen LogP contribution in [-0.4, -0.2) is 15.2 Å². The van der Waals surface area contributed by atoms with Crippen molar-refractivity contribution in [2.45, 2.75) is 6.42 Å². The molecule has 0 aliphatic rings. The minimum absolute atomic E-state index is 0.591. The second-order valence-electron chi connectivity index (χ2n) is 4.44. The van der Waals surface area contributed by atoms with Gasteiger partial charge in [0.1, 0.15) is 0 Å². The summed E-state index contributed by atoms with van der Waals surface area (Å²) in [4.78, 5) is 3.97. The van der Waals surface area contributed by atoms with Gasteiger partial charge in [0.15, 0.2) is 0 Å². The second-order valence-corrected chi connectivity index (χ2v) is 5.28. The summed E-state index contributed by atoms with van der Waals surface area (Å²) < 4.78 is 0. The van der Waals surface area contributed by atoms with Crippen LogP contribution >= 0.6 is 23.2 Å². The molecule has 0 atom stereocenters. The average Bonchev–Trinajstić information content (AvgIpc) is 2.87. The molecule has 0 spiro atoms. The molecule has 100 valence electrons. The van der Waals surface area contributed by atoms with Crippen molar-refractivity contribution < 1.29 is 0 Å². The van der Waals surface area contributed by atoms with Gasteiger partial charge in [0.25, 0.3) is 0 Å². The van der Waals surface area contributed by atoms with Gasteiger partial charge < -0.3 is 0 Å². The Labute approximate surface area is 126 Å². The quantitative estimate of drug-likeness (QED) is 0.780. The van der Waals surface area contributed by atoms with Crippen LogP contribution in [-0.2, 0) is 6.42 Å². The van der Waals surface area contributed by atoms with Gasteiger partial charge >= 0.3 is 0 Å². The van der Waals surface area contributed by atoms with Crippen molar-refractivity contribution in [3.05, 3.63) is 70.1 Å². The van der Waals surface area contributed by atoms with Gasteiger partial charge in [0.05, 0.1) is 10.7 Å². The first kappa shape index (κ1) is 13.2. The molecule has 0 aliphatic carbocycles. The lowest BCUT2D eigenvalue weighted by Crippen LogP contribution is -1.87. The minimum atomic E-state index is 0.591. The molecule has 3 aromatic rings. The summed E-state index contributed by atoms with van der Waals surface area (Å²) in [5.74, 6) is 0. The Kier molecular flexibility index (Phi) is 3.72. The number of nitrogens with one attached hydrogen (secondary N) is 1. The molecule has 0 unspecified atom stereocenters. The first-order valence-electron chi connectivity index (χ1n) is 6.11. The summed E-state index contributed by atoms with van der Waals surface area (Å²) in [5, 5.41) is 8.65. The fourth-order valence-corrected chi connectivity index (χ4v) is 2.47. The van der Waals surface area contributed by atoms with E-state index in [9.17, 15) is 0 Å². The molecule has 2 aromatic heterocycles. The lowest BCUT2D eigenvalue weighted by molar-refractivity contribution is 0.998. The molecule has 20 heavy (non-hydrogen) atoms. The molecule has 1 aromatic carbocycles. The number of hydrogen-bond acceptors (Lipinski definition) is 2. The van der Waals surface area contributed by atoms with Crippen LogP contribution in [0.25, 0.3) is 11.3 Å². The zero-order chi connectivity index (χ0) is 13.9. The summed E-state index contributed by atoms with van der Waals surface area (Å²) in [5.41, 5.74) is 3.83. The number of benzene rings is 1. The van der Waals surface area contributed by atoms with Gasteiger partial charge in [0, 0.05) is 35.1 Å². The van der Waals surface area contributed by atoms with Crippen molar-refractivity contribution >= 4 is 23.2 Å². The predicted molar refractivity (Wildman–Crippen MR) is 81.1 cm³/mol. The number of hydrogen-bond donors (Lipinski definition) is 1. The van der Waals surface area contributed by atoms with Crippen LogP contribution in [0.4, 0.5) is 0 Å². The normalized spacial score (nSPS) is 10.7.